The molecule has 0 spiro atoms. The lowest BCUT2D eigenvalue weighted by atomic mass is 9.97. The van der Waals surface area contributed by atoms with Crippen LogP contribution in [0.25, 0.3) is 0 Å². The number of hydrogen-bond donors (Lipinski definition) is 0. The third kappa shape index (κ3) is 3.44. The molecular formula is C13H27NO2S. The minimum atomic E-state index is -2.96. The average Bonchev–Trinajstić information content (AvgIpc) is 2.16. The van der Waals surface area contributed by atoms with Crippen molar-refractivity contribution in [3.63, 3.8) is 0 Å². The van der Waals surface area contributed by atoms with E-state index in [-0.39, 0.29) is 5.92 Å². The molecule has 0 aromatic rings. The molecule has 4 heteroatoms. The second kappa shape index (κ2) is 5.27. The summed E-state index contributed by atoms with van der Waals surface area (Å²) in [6, 6.07) is 0.521. The van der Waals surface area contributed by atoms with Crippen LogP contribution in [0.2, 0.25) is 0 Å². The van der Waals surface area contributed by atoms with Crippen molar-refractivity contribution in [1.82, 2.24) is 4.90 Å². The summed E-state index contributed by atoms with van der Waals surface area (Å²) in [6.07, 6.45) is 1.56. The van der Waals surface area contributed by atoms with E-state index in [1.54, 1.807) is 0 Å². The van der Waals surface area contributed by atoms with E-state index in [4.69, 9.17) is 0 Å². The van der Waals surface area contributed by atoms with Crippen LogP contribution in [-0.4, -0.2) is 42.9 Å². The van der Waals surface area contributed by atoms with E-state index in [2.05, 4.69) is 18.7 Å². The van der Waals surface area contributed by atoms with E-state index < -0.39 is 14.6 Å². The van der Waals surface area contributed by atoms with Gasteiger partial charge in [0.2, 0.25) is 0 Å². The molecule has 1 saturated heterocycles. The molecule has 0 amide bonds. The summed E-state index contributed by atoms with van der Waals surface area (Å²) in [7, 11) is -2.96. The lowest BCUT2D eigenvalue weighted by Gasteiger charge is -2.40. The summed E-state index contributed by atoms with van der Waals surface area (Å²) in [4.78, 5) is 2.37. The standard InChI is InChI=1S/C13H27NO2S/c1-11(2)10-17(15,16)13(5)6-8-14(9-7-13)12(3)4/h11-12H,6-10H2,1-5H3. The number of piperidine rings is 1. The predicted molar refractivity (Wildman–Crippen MR) is 73.0 cm³/mol. The Hall–Kier alpha value is -0.0900. The lowest BCUT2D eigenvalue weighted by molar-refractivity contribution is 0.163. The summed E-state index contributed by atoms with van der Waals surface area (Å²) in [5.41, 5.74) is 0. The third-order valence-corrected chi connectivity index (χ3v) is 6.90. The molecule has 0 radical (unpaired) electrons. The molecule has 17 heavy (non-hydrogen) atoms. The number of nitrogens with zero attached hydrogens (tertiary/aromatic N) is 1. The van der Waals surface area contributed by atoms with E-state index in [0.717, 1.165) is 25.9 Å². The summed E-state index contributed by atoms with van der Waals surface area (Å²) in [5, 5.41) is 0. The molecule has 0 unspecified atom stereocenters. The smallest absolute Gasteiger partial charge is 0.156 e. The van der Waals surface area contributed by atoms with Crippen molar-refractivity contribution in [3.8, 4) is 0 Å². The van der Waals surface area contributed by atoms with Crippen molar-refractivity contribution in [3.05, 3.63) is 0 Å². The second-order valence-electron chi connectivity index (χ2n) is 6.25. The van der Waals surface area contributed by atoms with Crippen LogP contribution in [0.3, 0.4) is 0 Å². The van der Waals surface area contributed by atoms with Gasteiger partial charge in [0, 0.05) is 6.04 Å². The van der Waals surface area contributed by atoms with Crippen LogP contribution < -0.4 is 0 Å². The molecule has 0 bridgehead atoms. The topological polar surface area (TPSA) is 37.4 Å². The van der Waals surface area contributed by atoms with Crippen LogP contribution in [0, 0.1) is 5.92 Å². The first-order valence-electron chi connectivity index (χ1n) is 6.64. The lowest BCUT2D eigenvalue weighted by Crippen LogP contribution is -2.50. The van der Waals surface area contributed by atoms with Crippen molar-refractivity contribution in [2.45, 2.75) is 58.2 Å². The molecule has 0 aliphatic carbocycles. The van der Waals surface area contributed by atoms with Crippen LogP contribution in [0.15, 0.2) is 0 Å². The largest absolute Gasteiger partial charge is 0.301 e. The van der Waals surface area contributed by atoms with Gasteiger partial charge in [-0.15, -0.1) is 0 Å². The predicted octanol–water partition coefficient (Wildman–Crippen LogP) is 2.32. The van der Waals surface area contributed by atoms with Crippen molar-refractivity contribution in [2.75, 3.05) is 18.8 Å². The molecule has 0 aromatic heterocycles. The van der Waals surface area contributed by atoms with Crippen LogP contribution >= 0.6 is 0 Å². The van der Waals surface area contributed by atoms with Crippen LogP contribution in [0.4, 0.5) is 0 Å². The minimum absolute atomic E-state index is 0.222. The Kier molecular flexibility index (Phi) is 4.64. The Labute approximate surface area is 106 Å². The molecule has 102 valence electrons. The zero-order valence-corrected chi connectivity index (χ0v) is 12.7. The quantitative estimate of drug-likeness (QED) is 0.779. The number of rotatable bonds is 4. The molecule has 0 N–H and O–H groups in total. The first kappa shape index (κ1) is 15.0. The van der Waals surface area contributed by atoms with E-state index >= 15 is 0 Å². The van der Waals surface area contributed by atoms with Gasteiger partial charge in [-0.2, -0.15) is 0 Å². The molecule has 1 heterocycles. The fraction of sp³-hybridized carbons (Fsp3) is 1.00. The zero-order chi connectivity index (χ0) is 13.3. The van der Waals surface area contributed by atoms with Gasteiger partial charge in [0.05, 0.1) is 10.5 Å². The number of hydrogen-bond acceptors (Lipinski definition) is 3. The molecule has 1 fully saturated rings. The molecular weight excluding hydrogens is 234 g/mol. The van der Waals surface area contributed by atoms with Gasteiger partial charge in [-0.1, -0.05) is 13.8 Å². The van der Waals surface area contributed by atoms with Crippen molar-refractivity contribution >= 4 is 9.84 Å². The zero-order valence-electron chi connectivity index (χ0n) is 11.9. The molecule has 0 saturated carbocycles. The van der Waals surface area contributed by atoms with Gasteiger partial charge in [0.15, 0.2) is 9.84 Å². The van der Waals surface area contributed by atoms with Gasteiger partial charge in [0.1, 0.15) is 0 Å². The molecule has 1 aliphatic heterocycles. The summed E-state index contributed by atoms with van der Waals surface area (Å²) in [5.74, 6) is 0.547. The van der Waals surface area contributed by atoms with Crippen molar-refractivity contribution in [1.29, 1.82) is 0 Å². The van der Waals surface area contributed by atoms with Gasteiger partial charge >= 0.3 is 0 Å². The molecule has 1 rings (SSSR count). The molecule has 0 aromatic carbocycles. The Morgan fingerprint density at radius 1 is 1.12 bits per heavy atom. The average molecular weight is 261 g/mol. The maximum atomic E-state index is 12.4. The Morgan fingerprint density at radius 3 is 1.94 bits per heavy atom. The first-order valence-corrected chi connectivity index (χ1v) is 8.29. The van der Waals surface area contributed by atoms with E-state index in [1.165, 1.54) is 0 Å². The van der Waals surface area contributed by atoms with E-state index in [9.17, 15) is 8.42 Å². The van der Waals surface area contributed by atoms with Crippen LogP contribution in [0.5, 0.6) is 0 Å². The summed E-state index contributed by atoms with van der Waals surface area (Å²) < 4.78 is 24.3. The Bertz CT molecular complexity index is 338. The van der Waals surface area contributed by atoms with Gasteiger partial charge in [0.25, 0.3) is 0 Å². The van der Waals surface area contributed by atoms with E-state index in [0.29, 0.717) is 11.8 Å². The molecule has 3 nitrogen and oxygen atoms in total. The van der Waals surface area contributed by atoms with Gasteiger partial charge < -0.3 is 4.90 Å². The Balaban J connectivity index is 2.72. The summed E-state index contributed by atoms with van der Waals surface area (Å²) in [6.45, 7) is 12.0. The third-order valence-electron chi connectivity index (χ3n) is 3.89. The van der Waals surface area contributed by atoms with Crippen molar-refractivity contribution < 1.29 is 8.42 Å². The normalized spacial score (nSPS) is 22.3. The molecule has 0 atom stereocenters. The number of likely N-dealkylation sites (tertiary alicyclic amines) is 1. The SMILES string of the molecule is CC(C)CS(=O)(=O)C1(C)CCN(C(C)C)CC1. The fourth-order valence-corrected chi connectivity index (χ4v) is 4.55. The highest BCUT2D eigenvalue weighted by atomic mass is 32.2. The maximum Gasteiger partial charge on any atom is 0.156 e. The van der Waals surface area contributed by atoms with Crippen LogP contribution in [0.1, 0.15) is 47.5 Å². The van der Waals surface area contributed by atoms with Gasteiger partial charge in [-0.3, -0.25) is 0 Å². The van der Waals surface area contributed by atoms with Crippen LogP contribution in [-0.2, 0) is 9.84 Å². The molecule has 1 aliphatic rings. The van der Waals surface area contributed by atoms with Gasteiger partial charge in [-0.05, 0) is 52.6 Å². The second-order valence-corrected chi connectivity index (χ2v) is 8.80. The summed E-state index contributed by atoms with van der Waals surface area (Å²) >= 11 is 0. The highest BCUT2D eigenvalue weighted by molar-refractivity contribution is 7.92. The maximum absolute atomic E-state index is 12.4. The first-order chi connectivity index (χ1) is 7.68. The Morgan fingerprint density at radius 2 is 1.59 bits per heavy atom. The monoisotopic (exact) mass is 261 g/mol. The minimum Gasteiger partial charge on any atom is -0.301 e. The van der Waals surface area contributed by atoms with E-state index in [1.807, 2.05) is 20.8 Å². The van der Waals surface area contributed by atoms with Gasteiger partial charge in [-0.25, -0.2) is 8.42 Å². The fourth-order valence-electron chi connectivity index (χ4n) is 2.46. The van der Waals surface area contributed by atoms with Crippen molar-refractivity contribution in [2.24, 2.45) is 5.92 Å². The number of sulfone groups is 1. The highest BCUT2D eigenvalue weighted by Crippen LogP contribution is 2.32. The highest BCUT2D eigenvalue weighted by Gasteiger charge is 2.41.